The number of rotatable bonds is 5. The maximum absolute atomic E-state index is 12.1. The Morgan fingerprint density at radius 3 is 2.57 bits per heavy atom. The molecule has 0 unspecified atom stereocenters. The predicted molar refractivity (Wildman–Crippen MR) is 87.7 cm³/mol. The minimum Gasteiger partial charge on any atom is -0.368 e. The quantitative estimate of drug-likeness (QED) is 0.899. The summed E-state index contributed by atoms with van der Waals surface area (Å²) >= 11 is 0. The van der Waals surface area contributed by atoms with Crippen LogP contribution in [0.15, 0.2) is 24.3 Å². The van der Waals surface area contributed by atoms with Gasteiger partial charge >= 0.3 is 0 Å². The monoisotopic (exact) mass is 289 g/mol. The zero-order chi connectivity index (χ0) is 15.2. The SMILES string of the molecule is Cc1cccc(N2CCN(C(=O)CNCC(C)C)CC2)c1. The van der Waals surface area contributed by atoms with Gasteiger partial charge < -0.3 is 15.1 Å². The van der Waals surface area contributed by atoms with Crippen molar-refractivity contribution in [1.29, 1.82) is 0 Å². The fraction of sp³-hybridized carbons (Fsp3) is 0.588. The van der Waals surface area contributed by atoms with Crippen LogP contribution in [0.5, 0.6) is 0 Å². The molecule has 0 aromatic heterocycles. The number of amides is 1. The van der Waals surface area contributed by atoms with Gasteiger partial charge in [0.1, 0.15) is 0 Å². The van der Waals surface area contributed by atoms with E-state index < -0.39 is 0 Å². The summed E-state index contributed by atoms with van der Waals surface area (Å²) in [5, 5.41) is 3.23. The fourth-order valence-electron chi connectivity index (χ4n) is 2.62. The molecular formula is C17H27N3O. The Morgan fingerprint density at radius 1 is 1.24 bits per heavy atom. The Morgan fingerprint density at radius 2 is 1.95 bits per heavy atom. The lowest BCUT2D eigenvalue weighted by molar-refractivity contribution is -0.130. The van der Waals surface area contributed by atoms with Crippen molar-refractivity contribution in [1.82, 2.24) is 10.2 Å². The molecule has 1 amide bonds. The lowest BCUT2D eigenvalue weighted by Gasteiger charge is -2.36. The Kier molecular flexibility index (Phi) is 5.62. The maximum atomic E-state index is 12.1. The van der Waals surface area contributed by atoms with Crippen molar-refractivity contribution in [2.24, 2.45) is 5.92 Å². The van der Waals surface area contributed by atoms with E-state index in [0.717, 1.165) is 32.7 Å². The van der Waals surface area contributed by atoms with Gasteiger partial charge in [-0.1, -0.05) is 26.0 Å². The van der Waals surface area contributed by atoms with E-state index in [-0.39, 0.29) is 5.91 Å². The molecule has 4 nitrogen and oxygen atoms in total. The lowest BCUT2D eigenvalue weighted by atomic mass is 10.2. The van der Waals surface area contributed by atoms with Gasteiger partial charge in [-0.25, -0.2) is 0 Å². The van der Waals surface area contributed by atoms with Crippen LogP contribution in [-0.2, 0) is 4.79 Å². The van der Waals surface area contributed by atoms with Crippen LogP contribution < -0.4 is 10.2 Å². The number of hydrogen-bond donors (Lipinski definition) is 1. The van der Waals surface area contributed by atoms with E-state index in [0.29, 0.717) is 12.5 Å². The summed E-state index contributed by atoms with van der Waals surface area (Å²) in [6.45, 7) is 11.2. The van der Waals surface area contributed by atoms with Crippen LogP contribution in [0.2, 0.25) is 0 Å². The number of anilines is 1. The summed E-state index contributed by atoms with van der Waals surface area (Å²) in [5.41, 5.74) is 2.55. The number of carbonyl (C=O) groups excluding carboxylic acids is 1. The third kappa shape index (κ3) is 4.74. The first-order valence-electron chi connectivity index (χ1n) is 7.86. The first-order chi connectivity index (χ1) is 10.1. The van der Waals surface area contributed by atoms with E-state index in [1.807, 2.05) is 4.90 Å². The molecule has 0 saturated carbocycles. The Labute approximate surface area is 128 Å². The van der Waals surface area contributed by atoms with Gasteiger partial charge in [0, 0.05) is 31.9 Å². The van der Waals surface area contributed by atoms with Gasteiger partial charge in [0.15, 0.2) is 0 Å². The zero-order valence-electron chi connectivity index (χ0n) is 13.4. The fourth-order valence-corrected chi connectivity index (χ4v) is 2.62. The van der Waals surface area contributed by atoms with E-state index in [2.05, 4.69) is 55.3 Å². The Hall–Kier alpha value is -1.55. The summed E-state index contributed by atoms with van der Waals surface area (Å²) in [6, 6.07) is 8.57. The van der Waals surface area contributed by atoms with Gasteiger partial charge in [-0.3, -0.25) is 4.79 Å². The molecule has 116 valence electrons. The summed E-state index contributed by atoms with van der Waals surface area (Å²) in [6.07, 6.45) is 0. The van der Waals surface area contributed by atoms with Crippen molar-refractivity contribution in [3.63, 3.8) is 0 Å². The minimum atomic E-state index is 0.222. The van der Waals surface area contributed by atoms with Crippen LogP contribution in [-0.4, -0.2) is 50.1 Å². The Balaban J connectivity index is 1.79. The van der Waals surface area contributed by atoms with Gasteiger partial charge in [-0.2, -0.15) is 0 Å². The van der Waals surface area contributed by atoms with Crippen LogP contribution in [0.4, 0.5) is 5.69 Å². The molecule has 0 spiro atoms. The molecule has 1 fully saturated rings. The first kappa shape index (κ1) is 15.8. The molecule has 1 saturated heterocycles. The average Bonchev–Trinajstić information content (AvgIpc) is 2.47. The number of nitrogens with zero attached hydrogens (tertiary/aromatic N) is 2. The Bertz CT molecular complexity index is 465. The number of nitrogens with one attached hydrogen (secondary N) is 1. The van der Waals surface area contributed by atoms with Crippen LogP contribution in [0.1, 0.15) is 19.4 Å². The highest BCUT2D eigenvalue weighted by molar-refractivity contribution is 5.78. The van der Waals surface area contributed by atoms with Crippen molar-refractivity contribution < 1.29 is 4.79 Å². The third-order valence-electron chi connectivity index (χ3n) is 3.83. The predicted octanol–water partition coefficient (Wildman–Crippen LogP) is 1.89. The molecule has 21 heavy (non-hydrogen) atoms. The number of aryl methyl sites for hydroxylation is 1. The van der Waals surface area contributed by atoms with Crippen LogP contribution in [0, 0.1) is 12.8 Å². The third-order valence-corrected chi connectivity index (χ3v) is 3.83. The molecule has 0 radical (unpaired) electrons. The van der Waals surface area contributed by atoms with Gasteiger partial charge in [0.05, 0.1) is 6.54 Å². The highest BCUT2D eigenvalue weighted by Gasteiger charge is 2.20. The van der Waals surface area contributed by atoms with Crippen LogP contribution >= 0.6 is 0 Å². The van der Waals surface area contributed by atoms with Gasteiger partial charge in [0.25, 0.3) is 0 Å². The zero-order valence-corrected chi connectivity index (χ0v) is 13.4. The van der Waals surface area contributed by atoms with Crippen molar-refractivity contribution in [2.75, 3.05) is 44.2 Å². The van der Waals surface area contributed by atoms with Gasteiger partial charge in [-0.15, -0.1) is 0 Å². The van der Waals surface area contributed by atoms with E-state index >= 15 is 0 Å². The molecule has 1 heterocycles. The first-order valence-corrected chi connectivity index (χ1v) is 7.86. The van der Waals surface area contributed by atoms with E-state index in [1.165, 1.54) is 11.3 Å². The minimum absolute atomic E-state index is 0.222. The summed E-state index contributed by atoms with van der Waals surface area (Å²) < 4.78 is 0. The molecule has 0 atom stereocenters. The molecule has 1 aromatic rings. The molecular weight excluding hydrogens is 262 g/mol. The smallest absolute Gasteiger partial charge is 0.236 e. The lowest BCUT2D eigenvalue weighted by Crippen LogP contribution is -2.51. The second-order valence-electron chi connectivity index (χ2n) is 6.23. The molecule has 4 heteroatoms. The largest absolute Gasteiger partial charge is 0.368 e. The number of benzene rings is 1. The highest BCUT2D eigenvalue weighted by atomic mass is 16.2. The highest BCUT2D eigenvalue weighted by Crippen LogP contribution is 2.17. The second-order valence-corrected chi connectivity index (χ2v) is 6.23. The van der Waals surface area contributed by atoms with Crippen molar-refractivity contribution >= 4 is 11.6 Å². The van der Waals surface area contributed by atoms with Gasteiger partial charge in [-0.05, 0) is 37.1 Å². The number of piperazine rings is 1. The molecule has 1 N–H and O–H groups in total. The summed E-state index contributed by atoms with van der Waals surface area (Å²) in [5.74, 6) is 0.801. The molecule has 0 aliphatic carbocycles. The topological polar surface area (TPSA) is 35.6 Å². The van der Waals surface area contributed by atoms with Crippen molar-refractivity contribution in [2.45, 2.75) is 20.8 Å². The molecule has 2 rings (SSSR count). The summed E-state index contributed by atoms with van der Waals surface area (Å²) in [7, 11) is 0. The van der Waals surface area contributed by atoms with E-state index in [9.17, 15) is 4.79 Å². The number of hydrogen-bond acceptors (Lipinski definition) is 3. The molecule has 1 aliphatic heterocycles. The molecule has 1 aliphatic rings. The van der Waals surface area contributed by atoms with Crippen molar-refractivity contribution in [3.05, 3.63) is 29.8 Å². The normalized spacial score (nSPS) is 15.6. The van der Waals surface area contributed by atoms with Crippen LogP contribution in [0.3, 0.4) is 0 Å². The maximum Gasteiger partial charge on any atom is 0.236 e. The van der Waals surface area contributed by atoms with Crippen LogP contribution in [0.25, 0.3) is 0 Å². The second kappa shape index (κ2) is 7.46. The standard InChI is InChI=1S/C17H27N3O/c1-14(2)12-18-13-17(21)20-9-7-19(8-10-20)16-6-4-5-15(3)11-16/h4-6,11,14,18H,7-10,12-13H2,1-3H3. The molecule has 1 aromatic carbocycles. The van der Waals surface area contributed by atoms with Gasteiger partial charge in [0.2, 0.25) is 5.91 Å². The summed E-state index contributed by atoms with van der Waals surface area (Å²) in [4.78, 5) is 16.5. The van der Waals surface area contributed by atoms with E-state index in [1.54, 1.807) is 0 Å². The average molecular weight is 289 g/mol. The van der Waals surface area contributed by atoms with E-state index in [4.69, 9.17) is 0 Å². The van der Waals surface area contributed by atoms with Crippen molar-refractivity contribution in [3.8, 4) is 0 Å². The number of carbonyl (C=O) groups is 1. The molecule has 0 bridgehead atoms.